The molecule has 0 radical (unpaired) electrons. The molecule has 210 valence electrons. The van der Waals surface area contributed by atoms with Gasteiger partial charge in [0.05, 0.1) is 30.8 Å². The number of phenols is 1. The zero-order valence-corrected chi connectivity index (χ0v) is 22.8. The van der Waals surface area contributed by atoms with Crippen LogP contribution in [-0.2, 0) is 10.0 Å². The first-order chi connectivity index (χ1) is 19.6. The number of carbonyl (C=O) groups is 1. The predicted molar refractivity (Wildman–Crippen MR) is 152 cm³/mol. The van der Waals surface area contributed by atoms with Crippen LogP contribution < -0.4 is 25.2 Å². The number of aromatic hydroxyl groups is 1. The molecule has 0 spiro atoms. The van der Waals surface area contributed by atoms with Crippen molar-refractivity contribution in [3.05, 3.63) is 76.7 Å². The fourth-order valence-corrected chi connectivity index (χ4v) is 5.15. The number of rotatable bonds is 8. The number of imidazole rings is 1. The highest BCUT2D eigenvalue weighted by atomic mass is 32.2. The van der Waals surface area contributed by atoms with E-state index in [1.54, 1.807) is 42.5 Å². The van der Waals surface area contributed by atoms with Crippen molar-refractivity contribution in [2.75, 3.05) is 26.6 Å². The van der Waals surface area contributed by atoms with Gasteiger partial charge < -0.3 is 29.9 Å². The number of nitrogens with one attached hydrogen (secondary N) is 4. The Labute approximate surface area is 232 Å². The number of anilines is 1. The number of ether oxygens (including phenoxy) is 2. The maximum Gasteiger partial charge on any atom is 0.323 e. The van der Waals surface area contributed by atoms with Gasteiger partial charge in [-0.3, -0.25) is 4.79 Å². The molecular formula is C27H24N6O7S. The van der Waals surface area contributed by atoms with Crippen LogP contribution in [0.25, 0.3) is 21.8 Å². The van der Waals surface area contributed by atoms with Gasteiger partial charge in [0.2, 0.25) is 10.0 Å². The van der Waals surface area contributed by atoms with Gasteiger partial charge in [-0.2, -0.15) is 0 Å². The highest BCUT2D eigenvalue weighted by Crippen LogP contribution is 2.42. The Kier molecular flexibility index (Phi) is 7.17. The Morgan fingerprint density at radius 2 is 1.66 bits per heavy atom. The van der Waals surface area contributed by atoms with Crippen LogP contribution >= 0.6 is 0 Å². The zero-order chi connectivity index (χ0) is 29.3. The summed E-state index contributed by atoms with van der Waals surface area (Å²) in [5.41, 5.74) is 1.15. The number of aromatic amines is 2. The molecule has 41 heavy (non-hydrogen) atoms. The number of hydrogen-bond donors (Lipinski definition) is 5. The Balaban J connectivity index is 1.57. The normalized spacial score (nSPS) is 11.8. The van der Waals surface area contributed by atoms with Gasteiger partial charge in [0.25, 0.3) is 5.91 Å². The number of methoxy groups -OCH3 is 2. The first-order valence-electron chi connectivity index (χ1n) is 12.0. The molecule has 14 heteroatoms. The summed E-state index contributed by atoms with van der Waals surface area (Å²) in [6.07, 6.45) is 0. The number of fused-ring (bicyclic) bond motifs is 2. The number of sulfonamides is 1. The lowest BCUT2D eigenvalue weighted by Gasteiger charge is -2.13. The van der Waals surface area contributed by atoms with Crippen LogP contribution in [0.4, 0.5) is 17.1 Å². The van der Waals surface area contributed by atoms with Gasteiger partial charge in [-0.05, 0) is 36.7 Å². The molecule has 0 unspecified atom stereocenters. The number of nitrogens with zero attached hydrogens (tertiary/aromatic N) is 2. The van der Waals surface area contributed by atoms with Gasteiger partial charge in [-0.1, -0.05) is 24.3 Å². The lowest BCUT2D eigenvalue weighted by atomic mass is 10.0. The number of carbonyl (C=O) groups excluding carboxylic acids is 1. The van der Waals surface area contributed by atoms with Crippen molar-refractivity contribution in [1.82, 2.24) is 14.7 Å². The van der Waals surface area contributed by atoms with Crippen LogP contribution in [0.2, 0.25) is 0 Å². The van der Waals surface area contributed by atoms with Crippen LogP contribution in [0.5, 0.6) is 17.2 Å². The van der Waals surface area contributed by atoms with Crippen LogP contribution in [0.15, 0.2) is 80.6 Å². The van der Waals surface area contributed by atoms with Gasteiger partial charge in [0.1, 0.15) is 27.8 Å². The van der Waals surface area contributed by atoms with Crippen molar-refractivity contribution in [2.45, 2.75) is 4.90 Å². The van der Waals surface area contributed by atoms with E-state index in [2.05, 4.69) is 30.2 Å². The Bertz CT molecular complexity index is 2010. The summed E-state index contributed by atoms with van der Waals surface area (Å²) in [6, 6.07) is 15.9. The molecule has 0 aliphatic rings. The predicted octanol–water partition coefficient (Wildman–Crippen LogP) is 4.31. The fraction of sp³-hybridized carbons (Fsp3) is 0.111. The van der Waals surface area contributed by atoms with E-state index in [0.29, 0.717) is 27.5 Å². The molecule has 1 amide bonds. The minimum absolute atomic E-state index is 0.00274. The van der Waals surface area contributed by atoms with Crippen molar-refractivity contribution in [3.8, 4) is 17.2 Å². The van der Waals surface area contributed by atoms with Gasteiger partial charge in [-0.15, -0.1) is 10.2 Å². The maximum absolute atomic E-state index is 13.3. The zero-order valence-electron chi connectivity index (χ0n) is 22.0. The maximum atomic E-state index is 13.3. The Morgan fingerprint density at radius 3 is 2.39 bits per heavy atom. The lowest BCUT2D eigenvalue weighted by Crippen LogP contribution is -2.19. The summed E-state index contributed by atoms with van der Waals surface area (Å²) in [6.45, 7) is 0. The van der Waals surface area contributed by atoms with Crippen molar-refractivity contribution >= 4 is 54.8 Å². The third-order valence-electron chi connectivity index (χ3n) is 6.29. The van der Waals surface area contributed by atoms with E-state index in [1.807, 2.05) is 0 Å². The van der Waals surface area contributed by atoms with Crippen molar-refractivity contribution < 1.29 is 27.8 Å². The molecular weight excluding hydrogens is 552 g/mol. The molecule has 5 rings (SSSR count). The summed E-state index contributed by atoms with van der Waals surface area (Å²) < 4.78 is 37.7. The first-order valence-corrected chi connectivity index (χ1v) is 13.5. The summed E-state index contributed by atoms with van der Waals surface area (Å²) in [5.74, 6) is -0.972. The third-order valence-corrected chi connectivity index (χ3v) is 7.73. The average Bonchev–Trinajstić information content (AvgIpc) is 3.35. The molecule has 4 aromatic carbocycles. The minimum atomic E-state index is -3.88. The van der Waals surface area contributed by atoms with E-state index in [9.17, 15) is 23.1 Å². The highest BCUT2D eigenvalue weighted by molar-refractivity contribution is 7.89. The Hall–Kier alpha value is -5.21. The number of phenolic OH excluding ortho intramolecular Hbond substituents is 1. The van der Waals surface area contributed by atoms with Gasteiger partial charge in [0.15, 0.2) is 5.75 Å². The lowest BCUT2D eigenvalue weighted by molar-refractivity contribution is 0.102. The number of H-pyrrole nitrogens is 2. The van der Waals surface area contributed by atoms with Crippen LogP contribution in [0.1, 0.15) is 10.4 Å². The van der Waals surface area contributed by atoms with Gasteiger partial charge in [0, 0.05) is 23.2 Å². The molecule has 13 nitrogen and oxygen atoms in total. The van der Waals surface area contributed by atoms with Gasteiger partial charge >= 0.3 is 5.69 Å². The molecule has 5 N–H and O–H groups in total. The molecule has 1 aromatic heterocycles. The molecule has 0 aliphatic heterocycles. The number of benzene rings is 4. The molecule has 0 bridgehead atoms. The second-order valence-corrected chi connectivity index (χ2v) is 10.6. The molecule has 0 aliphatic carbocycles. The van der Waals surface area contributed by atoms with Crippen molar-refractivity contribution in [1.29, 1.82) is 0 Å². The summed E-state index contributed by atoms with van der Waals surface area (Å²) in [4.78, 5) is 29.9. The fourth-order valence-electron chi connectivity index (χ4n) is 4.26. The highest BCUT2D eigenvalue weighted by Gasteiger charge is 2.22. The molecule has 0 fully saturated rings. The van der Waals surface area contributed by atoms with Crippen molar-refractivity contribution in [3.63, 3.8) is 0 Å². The first kappa shape index (κ1) is 27.4. The molecule has 5 aromatic rings. The summed E-state index contributed by atoms with van der Waals surface area (Å²) >= 11 is 0. The standard InChI is InChI=1S/C27H24N6O7S/c1-28-41(37,38)23-13-21(39-2)20(12-22(23)40-3)32-33-24-16-7-5-4-6-14(16)10-17(25(24)34)26(35)29-15-8-9-18-19(11-15)31-27(36)30-18/h4-13,28,34H,1-3H3,(H,29,35)(H2,30,31,36). The summed E-state index contributed by atoms with van der Waals surface area (Å²) in [5, 5.41) is 23.5. The van der Waals surface area contributed by atoms with E-state index in [-0.39, 0.29) is 39.0 Å². The minimum Gasteiger partial charge on any atom is -0.505 e. The number of aromatic nitrogens is 2. The number of amides is 1. The van der Waals surface area contributed by atoms with Crippen LogP contribution in [0.3, 0.4) is 0 Å². The van der Waals surface area contributed by atoms with Crippen molar-refractivity contribution in [2.24, 2.45) is 10.2 Å². The van der Waals surface area contributed by atoms with E-state index in [0.717, 1.165) is 0 Å². The summed E-state index contributed by atoms with van der Waals surface area (Å²) in [7, 11) is 0.0451. The largest absolute Gasteiger partial charge is 0.505 e. The molecule has 0 saturated heterocycles. The second kappa shape index (κ2) is 10.7. The number of hydrogen-bond acceptors (Lipinski definition) is 9. The van der Waals surface area contributed by atoms with E-state index < -0.39 is 21.7 Å². The van der Waals surface area contributed by atoms with E-state index >= 15 is 0 Å². The average molecular weight is 577 g/mol. The second-order valence-electron chi connectivity index (χ2n) is 8.72. The topological polar surface area (TPSA) is 187 Å². The smallest absolute Gasteiger partial charge is 0.323 e. The number of azo groups is 1. The Morgan fingerprint density at radius 1 is 0.927 bits per heavy atom. The van der Waals surface area contributed by atoms with E-state index in [4.69, 9.17) is 9.47 Å². The monoisotopic (exact) mass is 576 g/mol. The third kappa shape index (κ3) is 5.20. The van der Waals surface area contributed by atoms with Crippen LogP contribution in [-0.4, -0.2) is 50.7 Å². The molecule has 0 atom stereocenters. The van der Waals surface area contributed by atoms with Gasteiger partial charge in [-0.25, -0.2) is 17.9 Å². The van der Waals surface area contributed by atoms with E-state index in [1.165, 1.54) is 39.5 Å². The molecule has 0 saturated carbocycles. The SMILES string of the molecule is CNS(=O)(=O)c1cc(OC)c(N=Nc2c(O)c(C(=O)Nc3ccc4[nH]c(=O)[nH]c4c3)cc3ccccc23)cc1OC. The quantitative estimate of drug-likeness (QED) is 0.170. The van der Waals surface area contributed by atoms with Crippen LogP contribution in [0, 0.1) is 0 Å². The molecule has 1 heterocycles.